The van der Waals surface area contributed by atoms with Crippen molar-refractivity contribution in [3.8, 4) is 11.8 Å². The van der Waals surface area contributed by atoms with Crippen LogP contribution < -0.4 is 4.74 Å². The van der Waals surface area contributed by atoms with E-state index in [2.05, 4.69) is 4.85 Å². The number of nitro benzene ring substituents is 1. The summed E-state index contributed by atoms with van der Waals surface area (Å²) in [7, 11) is 0. The molecule has 154 valence electrons. The van der Waals surface area contributed by atoms with Gasteiger partial charge in [0.15, 0.2) is 0 Å². The maximum atomic E-state index is 11.4. The van der Waals surface area contributed by atoms with Gasteiger partial charge in [-0.2, -0.15) is 0 Å². The third-order valence-corrected chi connectivity index (χ3v) is 4.63. The van der Waals surface area contributed by atoms with E-state index in [1.54, 1.807) is 36.4 Å². The van der Waals surface area contributed by atoms with Crippen molar-refractivity contribution in [3.63, 3.8) is 0 Å². The normalized spacial score (nSPS) is 14.7. The van der Waals surface area contributed by atoms with Crippen LogP contribution >= 0.6 is 0 Å². The highest BCUT2D eigenvalue weighted by Gasteiger charge is 2.21. The van der Waals surface area contributed by atoms with Crippen LogP contribution in [0.25, 0.3) is 16.5 Å². The average molecular weight is 411 g/mol. The standard InChI is InChI=1S/C25H21N3O3/c1-25(2,3)15-18-13-17(10-12-23(18)28(29)30)9-11-19-14-21(22(16-26)27-4)20-7-5-6-8-24(20)31-19/h5-14H,15H2,1-3H3/b11-9+,22-21-. The van der Waals surface area contributed by atoms with E-state index in [-0.39, 0.29) is 21.7 Å². The highest BCUT2D eigenvalue weighted by Crippen LogP contribution is 2.36. The molecule has 31 heavy (non-hydrogen) atoms. The minimum absolute atomic E-state index is 0.00977. The summed E-state index contributed by atoms with van der Waals surface area (Å²) in [5.41, 5.74) is 2.66. The van der Waals surface area contributed by atoms with Crippen molar-refractivity contribution in [1.82, 2.24) is 0 Å². The monoisotopic (exact) mass is 411 g/mol. The SMILES string of the molecule is [C-]#[N+]/C(C#N)=C1C=C(/C=C/c2ccc([N+](=O)[O-])c(CC(C)(C)C)c2)Oc2ccccc2/1. The van der Waals surface area contributed by atoms with Gasteiger partial charge in [-0.3, -0.25) is 10.1 Å². The van der Waals surface area contributed by atoms with Gasteiger partial charge in [0.05, 0.1) is 17.6 Å². The molecule has 0 amide bonds. The lowest BCUT2D eigenvalue weighted by atomic mass is 9.87. The van der Waals surface area contributed by atoms with E-state index in [0.717, 1.165) is 5.56 Å². The Morgan fingerprint density at radius 3 is 2.65 bits per heavy atom. The van der Waals surface area contributed by atoms with Gasteiger partial charge in [-0.15, -0.1) is 0 Å². The largest absolute Gasteiger partial charge is 0.457 e. The van der Waals surface area contributed by atoms with Crippen molar-refractivity contribution < 1.29 is 9.66 Å². The van der Waals surface area contributed by atoms with Crippen molar-refractivity contribution in [2.24, 2.45) is 5.41 Å². The lowest BCUT2D eigenvalue weighted by molar-refractivity contribution is -0.385. The molecular weight excluding hydrogens is 390 g/mol. The van der Waals surface area contributed by atoms with Crippen LogP contribution in [0.5, 0.6) is 5.75 Å². The molecule has 0 radical (unpaired) electrons. The number of rotatable bonds is 4. The lowest BCUT2D eigenvalue weighted by Gasteiger charge is -2.19. The zero-order valence-corrected chi connectivity index (χ0v) is 17.5. The molecule has 1 aliphatic heterocycles. The molecule has 1 aliphatic rings. The number of benzene rings is 2. The van der Waals surface area contributed by atoms with Gasteiger partial charge in [0, 0.05) is 22.8 Å². The average Bonchev–Trinajstić information content (AvgIpc) is 2.72. The maximum Gasteiger partial charge on any atom is 0.272 e. The Morgan fingerprint density at radius 1 is 1.26 bits per heavy atom. The Hall–Kier alpha value is -4.16. The number of fused-ring (bicyclic) bond motifs is 1. The Morgan fingerprint density at radius 2 is 2.00 bits per heavy atom. The summed E-state index contributed by atoms with van der Waals surface area (Å²) in [6.45, 7) is 13.4. The third kappa shape index (κ3) is 5.07. The first-order valence-electron chi connectivity index (χ1n) is 9.68. The molecule has 0 unspecified atom stereocenters. The Balaban J connectivity index is 1.99. The highest BCUT2D eigenvalue weighted by molar-refractivity contribution is 5.85. The fourth-order valence-corrected chi connectivity index (χ4v) is 3.36. The predicted molar refractivity (Wildman–Crippen MR) is 120 cm³/mol. The van der Waals surface area contributed by atoms with Gasteiger partial charge in [0.25, 0.3) is 11.4 Å². The van der Waals surface area contributed by atoms with Gasteiger partial charge in [-0.25, -0.2) is 10.1 Å². The molecular formula is C25H21N3O3. The van der Waals surface area contributed by atoms with Crippen LogP contribution in [0.2, 0.25) is 0 Å². The maximum absolute atomic E-state index is 11.4. The van der Waals surface area contributed by atoms with Crippen LogP contribution in [0.15, 0.2) is 66.1 Å². The molecule has 0 atom stereocenters. The summed E-state index contributed by atoms with van der Waals surface area (Å²) >= 11 is 0. The first-order chi connectivity index (χ1) is 14.7. The van der Waals surface area contributed by atoms with Gasteiger partial charge in [-0.05, 0) is 47.8 Å². The second-order valence-corrected chi connectivity index (χ2v) is 8.35. The molecule has 1 heterocycles. The van der Waals surface area contributed by atoms with Crippen molar-refractivity contribution >= 4 is 17.3 Å². The van der Waals surface area contributed by atoms with E-state index < -0.39 is 0 Å². The zero-order valence-electron chi connectivity index (χ0n) is 17.5. The molecule has 0 aliphatic carbocycles. The molecule has 0 bridgehead atoms. The number of hydrogen-bond donors (Lipinski definition) is 0. The minimum atomic E-state index is -0.358. The van der Waals surface area contributed by atoms with E-state index in [1.165, 1.54) is 6.07 Å². The predicted octanol–water partition coefficient (Wildman–Crippen LogP) is 6.33. The summed E-state index contributed by atoms with van der Waals surface area (Å²) in [4.78, 5) is 14.4. The molecule has 2 aromatic rings. The molecule has 3 rings (SSSR count). The quantitative estimate of drug-likeness (QED) is 0.255. The van der Waals surface area contributed by atoms with Crippen LogP contribution in [-0.2, 0) is 6.42 Å². The Kier molecular flexibility index (Phi) is 6.04. The molecule has 2 aromatic carbocycles. The second kappa shape index (κ2) is 8.69. The van der Waals surface area contributed by atoms with Crippen molar-refractivity contribution in [2.75, 3.05) is 0 Å². The van der Waals surface area contributed by atoms with Gasteiger partial charge in [-0.1, -0.05) is 45.0 Å². The molecule has 0 aromatic heterocycles. The zero-order chi connectivity index (χ0) is 22.6. The minimum Gasteiger partial charge on any atom is -0.457 e. The fraction of sp³-hybridized carbons (Fsp3) is 0.200. The summed E-state index contributed by atoms with van der Waals surface area (Å²) < 4.78 is 5.92. The lowest BCUT2D eigenvalue weighted by Crippen LogP contribution is -2.11. The van der Waals surface area contributed by atoms with E-state index in [0.29, 0.717) is 34.6 Å². The number of nitrogens with zero attached hydrogens (tertiary/aromatic N) is 3. The van der Waals surface area contributed by atoms with Gasteiger partial charge in [0.2, 0.25) is 0 Å². The van der Waals surface area contributed by atoms with E-state index in [9.17, 15) is 15.4 Å². The van der Waals surface area contributed by atoms with E-state index >= 15 is 0 Å². The van der Waals surface area contributed by atoms with Crippen LogP contribution in [0.1, 0.15) is 37.5 Å². The highest BCUT2D eigenvalue weighted by atomic mass is 16.6. The van der Waals surface area contributed by atoms with Crippen LogP contribution in [0.4, 0.5) is 5.69 Å². The Bertz CT molecular complexity index is 1200. The number of nitro groups is 1. The van der Waals surface area contributed by atoms with E-state index in [4.69, 9.17) is 11.3 Å². The van der Waals surface area contributed by atoms with Gasteiger partial charge < -0.3 is 4.74 Å². The summed E-state index contributed by atoms with van der Waals surface area (Å²) in [6.07, 6.45) is 5.77. The molecule has 0 saturated carbocycles. The molecule has 0 fully saturated rings. The first-order valence-corrected chi connectivity index (χ1v) is 9.68. The number of hydrogen-bond acceptors (Lipinski definition) is 4. The summed E-state index contributed by atoms with van der Waals surface area (Å²) in [5, 5.41) is 20.7. The topological polar surface area (TPSA) is 80.5 Å². The van der Waals surface area contributed by atoms with E-state index in [1.807, 2.05) is 45.0 Å². The molecule has 0 saturated heterocycles. The number of para-hydroxylation sites is 1. The smallest absolute Gasteiger partial charge is 0.272 e. The Labute approximate surface area is 181 Å². The fourth-order valence-electron chi connectivity index (χ4n) is 3.36. The van der Waals surface area contributed by atoms with Crippen LogP contribution in [0, 0.1) is 33.4 Å². The first kappa shape index (κ1) is 21.5. The number of ether oxygens (including phenoxy) is 1. The third-order valence-electron chi connectivity index (χ3n) is 4.63. The van der Waals surface area contributed by atoms with Crippen molar-refractivity contribution in [3.05, 3.63) is 104 Å². The van der Waals surface area contributed by atoms with Crippen LogP contribution in [0.3, 0.4) is 0 Å². The number of nitriles is 1. The summed E-state index contributed by atoms with van der Waals surface area (Å²) in [5.74, 6) is 1.04. The molecule has 0 spiro atoms. The second-order valence-electron chi connectivity index (χ2n) is 8.35. The van der Waals surface area contributed by atoms with Gasteiger partial charge >= 0.3 is 0 Å². The van der Waals surface area contributed by atoms with Gasteiger partial charge in [0.1, 0.15) is 11.5 Å². The molecule has 6 nitrogen and oxygen atoms in total. The molecule has 0 N–H and O–H groups in total. The summed E-state index contributed by atoms with van der Waals surface area (Å²) in [6, 6.07) is 14.2. The molecule has 6 heteroatoms. The van der Waals surface area contributed by atoms with Crippen LogP contribution in [-0.4, -0.2) is 4.92 Å². The van der Waals surface area contributed by atoms with Crippen molar-refractivity contribution in [1.29, 1.82) is 5.26 Å². The van der Waals surface area contributed by atoms with Crippen molar-refractivity contribution in [2.45, 2.75) is 27.2 Å². The number of allylic oxidation sites excluding steroid dienone is 4.